The number of hydrogen-bond acceptors (Lipinski definition) is 3. The lowest BCUT2D eigenvalue weighted by Gasteiger charge is -2.35. The van der Waals surface area contributed by atoms with Crippen LogP contribution in [-0.4, -0.2) is 48.4 Å². The Balaban J connectivity index is 0.00000140. The van der Waals surface area contributed by atoms with Gasteiger partial charge < -0.3 is 10.2 Å². The molecule has 4 nitrogen and oxygen atoms in total. The molecule has 1 amide bonds. The van der Waals surface area contributed by atoms with Gasteiger partial charge in [-0.25, -0.2) is 4.39 Å². The zero-order chi connectivity index (χ0) is 17.9. The molecule has 2 aromatic rings. The molecule has 0 aromatic heterocycles. The molecule has 1 N–H and O–H groups in total. The number of benzene rings is 2. The second-order valence-corrected chi connectivity index (χ2v) is 7.11. The van der Waals surface area contributed by atoms with Crippen molar-refractivity contribution in [1.82, 2.24) is 15.1 Å². The Bertz CT molecular complexity index is 810. The van der Waals surface area contributed by atoms with Crippen LogP contribution in [0.5, 0.6) is 0 Å². The molecule has 4 rings (SSSR count). The van der Waals surface area contributed by atoms with Crippen molar-refractivity contribution in [3.05, 3.63) is 70.5 Å². The van der Waals surface area contributed by atoms with Gasteiger partial charge in [-0.1, -0.05) is 18.2 Å². The summed E-state index contributed by atoms with van der Waals surface area (Å²) in [5, 5.41) is 3.36. The first kappa shape index (κ1) is 22.6. The van der Waals surface area contributed by atoms with Gasteiger partial charge in [0, 0.05) is 44.8 Å². The van der Waals surface area contributed by atoms with Crippen LogP contribution in [0.25, 0.3) is 0 Å². The maximum absolute atomic E-state index is 13.3. The lowest BCUT2D eigenvalue weighted by atomic mass is 9.98. The molecule has 2 aromatic carbocycles. The predicted molar refractivity (Wildman–Crippen MR) is 114 cm³/mol. The zero-order valence-corrected chi connectivity index (χ0v) is 17.3. The van der Waals surface area contributed by atoms with Crippen LogP contribution in [0.1, 0.15) is 27.0 Å². The average Bonchev–Trinajstić information content (AvgIpc) is 2.68. The number of piperazine rings is 1. The Hall–Kier alpha value is -1.66. The lowest BCUT2D eigenvalue weighted by Crippen LogP contribution is -2.48. The van der Waals surface area contributed by atoms with Crippen molar-refractivity contribution in [3.8, 4) is 0 Å². The molecule has 0 radical (unpaired) electrons. The van der Waals surface area contributed by atoms with E-state index in [1.807, 2.05) is 17.0 Å². The SMILES string of the molecule is Cl.Cl.O=C(c1ccc2c(c1)CCNC2)N1CCN(Cc2cccc(F)c2)CC1. The van der Waals surface area contributed by atoms with Crippen LogP contribution in [0.2, 0.25) is 0 Å². The van der Waals surface area contributed by atoms with E-state index >= 15 is 0 Å². The minimum absolute atomic E-state index is 0. The summed E-state index contributed by atoms with van der Waals surface area (Å²) < 4.78 is 13.3. The molecule has 0 saturated carbocycles. The number of carbonyl (C=O) groups excluding carboxylic acids is 1. The van der Waals surface area contributed by atoms with Gasteiger partial charge in [-0.3, -0.25) is 9.69 Å². The van der Waals surface area contributed by atoms with Crippen LogP contribution in [0, 0.1) is 5.82 Å². The summed E-state index contributed by atoms with van der Waals surface area (Å²) in [5.41, 5.74) is 4.37. The van der Waals surface area contributed by atoms with Crippen LogP contribution < -0.4 is 5.32 Å². The highest BCUT2D eigenvalue weighted by Gasteiger charge is 2.23. The molecule has 0 spiro atoms. The van der Waals surface area contributed by atoms with E-state index in [1.165, 1.54) is 17.2 Å². The lowest BCUT2D eigenvalue weighted by molar-refractivity contribution is 0.0628. The van der Waals surface area contributed by atoms with Crippen molar-refractivity contribution < 1.29 is 9.18 Å². The fourth-order valence-electron chi connectivity index (χ4n) is 3.80. The zero-order valence-electron chi connectivity index (χ0n) is 15.7. The van der Waals surface area contributed by atoms with E-state index in [0.717, 1.165) is 50.3 Å². The van der Waals surface area contributed by atoms with Crippen molar-refractivity contribution in [3.63, 3.8) is 0 Å². The number of amides is 1. The molecular formula is C21H26Cl2FN3O. The number of nitrogens with zero attached hydrogens (tertiary/aromatic N) is 2. The molecule has 0 bridgehead atoms. The molecule has 152 valence electrons. The van der Waals surface area contributed by atoms with Crippen molar-refractivity contribution in [2.24, 2.45) is 0 Å². The highest BCUT2D eigenvalue weighted by atomic mass is 35.5. The summed E-state index contributed by atoms with van der Waals surface area (Å²) >= 11 is 0. The molecule has 7 heteroatoms. The van der Waals surface area contributed by atoms with E-state index in [4.69, 9.17) is 0 Å². The van der Waals surface area contributed by atoms with E-state index in [-0.39, 0.29) is 36.5 Å². The first-order chi connectivity index (χ1) is 12.7. The quantitative estimate of drug-likeness (QED) is 0.819. The second kappa shape index (κ2) is 10.2. The van der Waals surface area contributed by atoms with E-state index < -0.39 is 0 Å². The molecule has 1 saturated heterocycles. The van der Waals surface area contributed by atoms with Gasteiger partial charge in [0.1, 0.15) is 5.82 Å². The molecule has 0 atom stereocenters. The topological polar surface area (TPSA) is 35.6 Å². The molecule has 1 fully saturated rings. The number of hydrogen-bond donors (Lipinski definition) is 1. The van der Waals surface area contributed by atoms with Gasteiger partial charge in [0.25, 0.3) is 5.91 Å². The normalized spacial score (nSPS) is 16.5. The second-order valence-electron chi connectivity index (χ2n) is 7.11. The fraction of sp³-hybridized carbons (Fsp3) is 0.381. The maximum Gasteiger partial charge on any atom is 0.253 e. The Morgan fingerprint density at radius 2 is 1.79 bits per heavy atom. The summed E-state index contributed by atoms with van der Waals surface area (Å²) in [5.74, 6) is -0.0735. The first-order valence-corrected chi connectivity index (χ1v) is 9.28. The third-order valence-electron chi connectivity index (χ3n) is 5.29. The smallest absolute Gasteiger partial charge is 0.253 e. The van der Waals surface area contributed by atoms with Gasteiger partial charge in [-0.15, -0.1) is 24.8 Å². The minimum Gasteiger partial charge on any atom is -0.336 e. The van der Waals surface area contributed by atoms with Gasteiger partial charge >= 0.3 is 0 Å². The molecule has 2 aliphatic heterocycles. The fourth-order valence-corrected chi connectivity index (χ4v) is 3.80. The summed E-state index contributed by atoms with van der Waals surface area (Å²) in [4.78, 5) is 17.0. The van der Waals surface area contributed by atoms with Crippen LogP contribution >= 0.6 is 24.8 Å². The van der Waals surface area contributed by atoms with Gasteiger partial charge in [0.15, 0.2) is 0 Å². The molecular weight excluding hydrogens is 400 g/mol. The molecule has 0 unspecified atom stereocenters. The summed E-state index contributed by atoms with van der Waals surface area (Å²) in [6.07, 6.45) is 0.984. The third-order valence-corrected chi connectivity index (χ3v) is 5.29. The van der Waals surface area contributed by atoms with Crippen LogP contribution in [0.4, 0.5) is 4.39 Å². The van der Waals surface area contributed by atoms with Gasteiger partial charge in [0.2, 0.25) is 0 Å². The molecule has 0 aliphatic carbocycles. The highest BCUT2D eigenvalue weighted by molar-refractivity contribution is 5.94. The molecule has 2 heterocycles. The van der Waals surface area contributed by atoms with Crippen molar-refractivity contribution >= 4 is 30.7 Å². The van der Waals surface area contributed by atoms with E-state index in [1.54, 1.807) is 12.1 Å². The summed E-state index contributed by atoms with van der Waals surface area (Å²) in [6, 6.07) is 12.8. The van der Waals surface area contributed by atoms with E-state index in [0.29, 0.717) is 13.1 Å². The number of fused-ring (bicyclic) bond motifs is 1. The molecule has 2 aliphatic rings. The Kier molecular flexibility index (Phi) is 8.25. The molecule has 28 heavy (non-hydrogen) atoms. The van der Waals surface area contributed by atoms with Crippen molar-refractivity contribution in [1.29, 1.82) is 0 Å². The Morgan fingerprint density at radius 3 is 2.54 bits per heavy atom. The van der Waals surface area contributed by atoms with Crippen LogP contribution in [0.15, 0.2) is 42.5 Å². The number of nitrogens with one attached hydrogen (secondary N) is 1. The maximum atomic E-state index is 13.3. The average molecular weight is 426 g/mol. The van der Waals surface area contributed by atoms with Crippen LogP contribution in [-0.2, 0) is 19.5 Å². The van der Waals surface area contributed by atoms with Gasteiger partial charge in [-0.05, 0) is 53.9 Å². The minimum atomic E-state index is -0.195. The Labute approximate surface area is 177 Å². The monoisotopic (exact) mass is 425 g/mol. The van der Waals surface area contributed by atoms with Crippen molar-refractivity contribution in [2.45, 2.75) is 19.5 Å². The summed E-state index contributed by atoms with van der Waals surface area (Å²) in [7, 11) is 0. The summed E-state index contributed by atoms with van der Waals surface area (Å²) in [6.45, 7) is 5.66. The van der Waals surface area contributed by atoms with E-state index in [2.05, 4.69) is 22.3 Å². The van der Waals surface area contributed by atoms with Gasteiger partial charge in [-0.2, -0.15) is 0 Å². The van der Waals surface area contributed by atoms with E-state index in [9.17, 15) is 9.18 Å². The predicted octanol–water partition coefficient (Wildman–Crippen LogP) is 3.27. The van der Waals surface area contributed by atoms with Gasteiger partial charge in [0.05, 0.1) is 0 Å². The van der Waals surface area contributed by atoms with Crippen LogP contribution in [0.3, 0.4) is 0 Å². The Morgan fingerprint density at radius 1 is 1.00 bits per heavy atom. The number of halogens is 3. The third kappa shape index (κ3) is 5.23. The van der Waals surface area contributed by atoms with Crippen molar-refractivity contribution in [2.75, 3.05) is 32.7 Å². The first-order valence-electron chi connectivity index (χ1n) is 9.28. The number of rotatable bonds is 3. The largest absolute Gasteiger partial charge is 0.336 e. The highest BCUT2D eigenvalue weighted by Crippen LogP contribution is 2.18. The standard InChI is InChI=1S/C21H24FN3O.2ClH/c22-20-3-1-2-16(12-20)15-24-8-10-25(11-9-24)21(26)18-4-5-19-14-23-7-6-17(19)13-18;;/h1-5,12-13,23H,6-11,14-15H2;2*1H. The number of carbonyl (C=O) groups is 1.